The summed E-state index contributed by atoms with van der Waals surface area (Å²) in [5.74, 6) is 2.94. The quantitative estimate of drug-likeness (QED) is 0.877. The zero-order chi connectivity index (χ0) is 10.8. The maximum atomic E-state index is 5.59. The smallest absolute Gasteiger partial charge is 0.194 e. The van der Waals surface area contributed by atoms with Gasteiger partial charge < -0.3 is 9.73 Å². The molecule has 2 saturated heterocycles. The SMILES string of the molecule is c1oc(CC2CCNC2)nc1C1CCCS1. The van der Waals surface area contributed by atoms with Crippen molar-refractivity contribution >= 4 is 11.8 Å². The fourth-order valence-corrected chi connectivity index (χ4v) is 3.74. The minimum Gasteiger partial charge on any atom is -0.449 e. The first-order chi connectivity index (χ1) is 7.92. The van der Waals surface area contributed by atoms with E-state index in [1.165, 1.54) is 30.7 Å². The highest BCUT2D eigenvalue weighted by Crippen LogP contribution is 2.39. The van der Waals surface area contributed by atoms with E-state index in [-0.39, 0.29) is 0 Å². The minimum atomic E-state index is 0.596. The van der Waals surface area contributed by atoms with Crippen molar-refractivity contribution in [2.75, 3.05) is 18.8 Å². The van der Waals surface area contributed by atoms with E-state index in [0.717, 1.165) is 31.3 Å². The van der Waals surface area contributed by atoms with Crippen LogP contribution < -0.4 is 5.32 Å². The Labute approximate surface area is 100 Å². The Kier molecular flexibility index (Phi) is 3.20. The van der Waals surface area contributed by atoms with Gasteiger partial charge in [-0.05, 0) is 44.0 Å². The van der Waals surface area contributed by atoms with Gasteiger partial charge in [-0.2, -0.15) is 11.8 Å². The molecule has 0 amide bonds. The molecule has 0 spiro atoms. The molecule has 2 aliphatic heterocycles. The molecule has 16 heavy (non-hydrogen) atoms. The summed E-state index contributed by atoms with van der Waals surface area (Å²) in [6.07, 6.45) is 6.73. The van der Waals surface area contributed by atoms with Gasteiger partial charge in [0.25, 0.3) is 0 Å². The summed E-state index contributed by atoms with van der Waals surface area (Å²) in [6, 6.07) is 0. The number of hydrogen-bond acceptors (Lipinski definition) is 4. The van der Waals surface area contributed by atoms with Gasteiger partial charge in [0.1, 0.15) is 6.26 Å². The first kappa shape index (κ1) is 10.7. The Morgan fingerprint density at radius 1 is 1.50 bits per heavy atom. The largest absolute Gasteiger partial charge is 0.449 e. The van der Waals surface area contributed by atoms with Crippen LogP contribution >= 0.6 is 11.8 Å². The van der Waals surface area contributed by atoms with Crippen LogP contribution in [0, 0.1) is 5.92 Å². The van der Waals surface area contributed by atoms with Crippen molar-refractivity contribution in [1.29, 1.82) is 0 Å². The number of thioether (sulfide) groups is 1. The van der Waals surface area contributed by atoms with Crippen LogP contribution in [0.25, 0.3) is 0 Å². The van der Waals surface area contributed by atoms with Gasteiger partial charge in [-0.25, -0.2) is 4.98 Å². The van der Waals surface area contributed by atoms with Crippen molar-refractivity contribution in [3.05, 3.63) is 17.8 Å². The molecule has 4 heteroatoms. The molecule has 0 radical (unpaired) electrons. The Morgan fingerprint density at radius 2 is 2.50 bits per heavy atom. The van der Waals surface area contributed by atoms with Gasteiger partial charge in [-0.15, -0.1) is 0 Å². The Hall–Kier alpha value is -0.480. The normalized spacial score (nSPS) is 30.0. The number of nitrogens with one attached hydrogen (secondary N) is 1. The third-order valence-electron chi connectivity index (χ3n) is 3.45. The predicted octanol–water partition coefficient (Wildman–Crippen LogP) is 2.39. The topological polar surface area (TPSA) is 38.1 Å². The molecule has 88 valence electrons. The number of oxazole rings is 1. The van der Waals surface area contributed by atoms with Crippen LogP contribution in [0.15, 0.2) is 10.7 Å². The van der Waals surface area contributed by atoms with E-state index in [9.17, 15) is 0 Å². The second kappa shape index (κ2) is 4.80. The summed E-state index contributed by atoms with van der Waals surface area (Å²) >= 11 is 2.02. The van der Waals surface area contributed by atoms with Gasteiger partial charge in [-0.3, -0.25) is 0 Å². The fraction of sp³-hybridized carbons (Fsp3) is 0.750. The summed E-state index contributed by atoms with van der Waals surface area (Å²) in [7, 11) is 0. The Bertz CT molecular complexity index is 341. The van der Waals surface area contributed by atoms with Crippen molar-refractivity contribution in [2.24, 2.45) is 5.92 Å². The van der Waals surface area contributed by atoms with E-state index >= 15 is 0 Å². The highest BCUT2D eigenvalue weighted by atomic mass is 32.2. The molecule has 0 saturated carbocycles. The summed E-state index contributed by atoms with van der Waals surface area (Å²) in [6.45, 7) is 2.27. The molecule has 2 unspecified atom stereocenters. The van der Waals surface area contributed by atoms with Crippen LogP contribution in [0.2, 0.25) is 0 Å². The van der Waals surface area contributed by atoms with Gasteiger partial charge in [0, 0.05) is 6.42 Å². The molecule has 2 atom stereocenters. The van der Waals surface area contributed by atoms with E-state index in [4.69, 9.17) is 4.42 Å². The zero-order valence-corrected chi connectivity index (χ0v) is 10.3. The number of rotatable bonds is 3. The van der Waals surface area contributed by atoms with Crippen molar-refractivity contribution in [3.63, 3.8) is 0 Å². The zero-order valence-electron chi connectivity index (χ0n) is 9.45. The van der Waals surface area contributed by atoms with Crippen molar-refractivity contribution in [3.8, 4) is 0 Å². The maximum Gasteiger partial charge on any atom is 0.194 e. The van der Waals surface area contributed by atoms with E-state index < -0.39 is 0 Å². The van der Waals surface area contributed by atoms with Gasteiger partial charge in [0.05, 0.1) is 10.9 Å². The third-order valence-corrected chi connectivity index (χ3v) is 4.86. The second-order valence-corrected chi connectivity index (χ2v) is 6.04. The maximum absolute atomic E-state index is 5.59. The highest BCUT2D eigenvalue weighted by molar-refractivity contribution is 7.99. The minimum absolute atomic E-state index is 0.596. The Balaban J connectivity index is 1.62. The van der Waals surface area contributed by atoms with Crippen LogP contribution in [0.4, 0.5) is 0 Å². The molecule has 2 aliphatic rings. The molecule has 1 aromatic rings. The van der Waals surface area contributed by atoms with Crippen LogP contribution in [0.5, 0.6) is 0 Å². The van der Waals surface area contributed by atoms with Crippen LogP contribution in [-0.4, -0.2) is 23.8 Å². The standard InChI is InChI=1S/C12H18N2OS/c1-2-11(16-5-1)10-8-15-12(14-10)6-9-3-4-13-7-9/h8-9,11,13H,1-7H2. The van der Waals surface area contributed by atoms with Crippen LogP contribution in [-0.2, 0) is 6.42 Å². The number of hydrogen-bond donors (Lipinski definition) is 1. The number of nitrogens with zero attached hydrogens (tertiary/aromatic N) is 1. The lowest BCUT2D eigenvalue weighted by molar-refractivity contribution is 0.442. The lowest BCUT2D eigenvalue weighted by Gasteiger charge is -2.04. The van der Waals surface area contributed by atoms with Crippen LogP contribution in [0.3, 0.4) is 0 Å². The molecule has 3 rings (SSSR count). The molecule has 0 aliphatic carbocycles. The average Bonchev–Trinajstić information content (AvgIpc) is 2.99. The lowest BCUT2D eigenvalue weighted by atomic mass is 10.1. The molecule has 3 nitrogen and oxygen atoms in total. The molecule has 0 bridgehead atoms. The van der Waals surface area contributed by atoms with E-state index in [0.29, 0.717) is 5.25 Å². The molecule has 0 aromatic carbocycles. The fourth-order valence-electron chi connectivity index (χ4n) is 2.51. The summed E-state index contributed by atoms with van der Waals surface area (Å²) in [5.41, 5.74) is 1.17. The van der Waals surface area contributed by atoms with Crippen molar-refractivity contribution < 1.29 is 4.42 Å². The predicted molar refractivity (Wildman–Crippen MR) is 65.6 cm³/mol. The first-order valence-electron chi connectivity index (χ1n) is 6.18. The molecular formula is C12H18N2OS. The van der Waals surface area contributed by atoms with Crippen LogP contribution in [0.1, 0.15) is 36.1 Å². The van der Waals surface area contributed by atoms with E-state index in [1.54, 1.807) is 0 Å². The summed E-state index contributed by atoms with van der Waals surface area (Å²) in [4.78, 5) is 4.64. The highest BCUT2D eigenvalue weighted by Gasteiger charge is 2.22. The monoisotopic (exact) mass is 238 g/mol. The molecular weight excluding hydrogens is 220 g/mol. The van der Waals surface area contributed by atoms with Gasteiger partial charge in [0.2, 0.25) is 0 Å². The van der Waals surface area contributed by atoms with Crippen molar-refractivity contribution in [2.45, 2.75) is 30.9 Å². The first-order valence-corrected chi connectivity index (χ1v) is 7.23. The molecule has 1 aromatic heterocycles. The summed E-state index contributed by atoms with van der Waals surface area (Å²) in [5, 5.41) is 3.98. The third kappa shape index (κ3) is 2.28. The number of aromatic nitrogens is 1. The van der Waals surface area contributed by atoms with Crippen molar-refractivity contribution in [1.82, 2.24) is 10.3 Å². The Morgan fingerprint density at radius 3 is 3.25 bits per heavy atom. The van der Waals surface area contributed by atoms with Gasteiger partial charge in [-0.1, -0.05) is 0 Å². The summed E-state index contributed by atoms with van der Waals surface area (Å²) < 4.78 is 5.59. The second-order valence-electron chi connectivity index (χ2n) is 4.73. The average molecular weight is 238 g/mol. The molecule has 3 heterocycles. The van der Waals surface area contributed by atoms with Gasteiger partial charge in [0.15, 0.2) is 5.89 Å². The lowest BCUT2D eigenvalue weighted by Crippen LogP contribution is -2.10. The van der Waals surface area contributed by atoms with E-state index in [2.05, 4.69) is 10.3 Å². The molecule has 1 N–H and O–H groups in total. The van der Waals surface area contributed by atoms with Gasteiger partial charge >= 0.3 is 0 Å². The molecule has 2 fully saturated rings. The van der Waals surface area contributed by atoms with E-state index in [1.807, 2.05) is 18.0 Å².